The van der Waals surface area contributed by atoms with Crippen LogP contribution in [0.2, 0.25) is 10.1 Å². The molecule has 2 aromatic carbocycles. The minimum absolute atomic E-state index is 0.271. The van der Waals surface area contributed by atoms with Crippen molar-refractivity contribution in [3.8, 4) is 11.1 Å². The zero-order valence-electron chi connectivity index (χ0n) is 15.5. The Morgan fingerprint density at radius 1 is 0.750 bits per heavy atom. The van der Waals surface area contributed by atoms with Crippen LogP contribution in [0.15, 0.2) is 48.5 Å². The van der Waals surface area contributed by atoms with Crippen LogP contribution in [0.3, 0.4) is 0 Å². The van der Waals surface area contributed by atoms with Crippen LogP contribution in [0.4, 0.5) is 0 Å². The second kappa shape index (κ2) is 4.83. The Morgan fingerprint density at radius 3 is 2.00 bits per heavy atom. The second-order valence-electron chi connectivity index (χ2n) is 9.10. The molecule has 0 saturated heterocycles. The minimum atomic E-state index is -1.94. The van der Waals surface area contributed by atoms with Crippen molar-refractivity contribution in [3.63, 3.8) is 0 Å². The van der Waals surface area contributed by atoms with Crippen molar-refractivity contribution >= 4 is 39.2 Å². The number of thiophene rings is 1. The predicted octanol–water partition coefficient (Wildman–Crippen LogP) is 6.04. The van der Waals surface area contributed by atoms with Gasteiger partial charge in [-0.25, -0.2) is 0 Å². The Morgan fingerprint density at radius 2 is 1.33 bits per heavy atom. The van der Waals surface area contributed by atoms with Crippen LogP contribution in [0, 0.1) is 0 Å². The molecule has 0 spiro atoms. The lowest BCUT2D eigenvalue weighted by atomic mass is 10.1. The number of fused-ring (bicyclic) bond motifs is 5. The maximum Gasteiger partial charge on any atom is 0.142 e. The first kappa shape index (κ1) is 16.1. The highest BCUT2D eigenvalue weighted by Gasteiger charge is 2.61. The molecule has 0 atom stereocenters. The molecule has 0 radical (unpaired) electrons. The van der Waals surface area contributed by atoms with Crippen molar-refractivity contribution in [2.75, 3.05) is 0 Å². The fraction of sp³-hybridized carbons (Fsp3) is 0.364. The molecule has 0 fully saturated rings. The quantitative estimate of drug-likeness (QED) is 0.433. The Kier molecular flexibility index (Phi) is 3.24. The van der Waals surface area contributed by atoms with E-state index in [1.54, 1.807) is 15.3 Å². The molecule has 124 valence electrons. The molecule has 0 aliphatic carbocycles. The average molecular weight is 351 g/mol. The molecule has 1 aromatic heterocycles. The molecular formula is C22H26SSi. The summed E-state index contributed by atoms with van der Waals surface area (Å²) in [5.74, 6) is 0. The second-order valence-corrected chi connectivity index (χ2v) is 16.1. The molecule has 0 amide bonds. The molecule has 0 nitrogen and oxygen atoms in total. The predicted molar refractivity (Wildman–Crippen MR) is 112 cm³/mol. The first-order valence-corrected chi connectivity index (χ1v) is 11.6. The van der Waals surface area contributed by atoms with Gasteiger partial charge >= 0.3 is 0 Å². The van der Waals surface area contributed by atoms with Gasteiger partial charge in [-0.15, -0.1) is 11.3 Å². The molecule has 2 heterocycles. The van der Waals surface area contributed by atoms with Crippen molar-refractivity contribution in [2.45, 2.75) is 51.6 Å². The zero-order chi connectivity index (χ0) is 17.3. The molecule has 0 saturated carbocycles. The van der Waals surface area contributed by atoms with Gasteiger partial charge in [-0.3, -0.25) is 0 Å². The van der Waals surface area contributed by atoms with Crippen LogP contribution in [0.25, 0.3) is 21.2 Å². The first-order chi connectivity index (χ1) is 11.2. The molecular weight excluding hydrogens is 324 g/mol. The van der Waals surface area contributed by atoms with E-state index >= 15 is 0 Å². The van der Waals surface area contributed by atoms with Crippen molar-refractivity contribution in [2.24, 2.45) is 0 Å². The highest BCUT2D eigenvalue weighted by molar-refractivity contribution is 7.36. The zero-order valence-corrected chi connectivity index (χ0v) is 17.3. The third-order valence-corrected chi connectivity index (χ3v) is 14.7. The van der Waals surface area contributed by atoms with Crippen LogP contribution < -0.4 is 9.69 Å². The topological polar surface area (TPSA) is 0 Å². The van der Waals surface area contributed by atoms with Gasteiger partial charge in [0.15, 0.2) is 0 Å². The van der Waals surface area contributed by atoms with E-state index < -0.39 is 8.07 Å². The van der Waals surface area contributed by atoms with Gasteiger partial charge in [0, 0.05) is 14.6 Å². The molecule has 0 N–H and O–H groups in total. The van der Waals surface area contributed by atoms with Gasteiger partial charge < -0.3 is 0 Å². The summed E-state index contributed by atoms with van der Waals surface area (Å²) in [7, 11) is -1.94. The third kappa shape index (κ3) is 1.79. The van der Waals surface area contributed by atoms with E-state index in [0.717, 1.165) is 0 Å². The monoisotopic (exact) mass is 350 g/mol. The number of rotatable bonds is 0. The van der Waals surface area contributed by atoms with Gasteiger partial charge in [0.25, 0.3) is 0 Å². The van der Waals surface area contributed by atoms with E-state index in [1.807, 2.05) is 0 Å². The summed E-state index contributed by atoms with van der Waals surface area (Å²) < 4.78 is 3.15. The van der Waals surface area contributed by atoms with Crippen molar-refractivity contribution < 1.29 is 0 Å². The maximum absolute atomic E-state index is 2.47. The van der Waals surface area contributed by atoms with E-state index in [9.17, 15) is 0 Å². The van der Waals surface area contributed by atoms with Gasteiger partial charge in [0.2, 0.25) is 0 Å². The van der Waals surface area contributed by atoms with Crippen molar-refractivity contribution in [1.29, 1.82) is 0 Å². The standard InChI is InChI=1S/C22H26SSi/c1-21(2,3)24(22(4,5)6)18-14-10-8-12-16(18)19-15-11-7-9-13-17(15)23-20(19)24/h7-14H,1-6H3. The van der Waals surface area contributed by atoms with Gasteiger partial charge in [0.05, 0.1) is 0 Å². The lowest BCUT2D eigenvalue weighted by Gasteiger charge is -2.50. The fourth-order valence-corrected chi connectivity index (χ4v) is 16.5. The Hall–Kier alpha value is -1.38. The molecule has 2 heteroatoms. The third-order valence-electron chi connectivity index (χ3n) is 5.79. The Balaban J connectivity index is 2.25. The van der Waals surface area contributed by atoms with Crippen LogP contribution in [0.1, 0.15) is 41.5 Å². The summed E-state index contributed by atoms with van der Waals surface area (Å²) in [5, 5.41) is 3.64. The summed E-state index contributed by atoms with van der Waals surface area (Å²) in [6.07, 6.45) is 0. The SMILES string of the molecule is CC(C)(C)[Si]1(C(C)(C)C)c2ccccc2-c2c1sc1ccccc21. The highest BCUT2D eigenvalue weighted by Crippen LogP contribution is 2.56. The Bertz CT molecular complexity index is 920. The van der Waals surface area contributed by atoms with E-state index in [4.69, 9.17) is 0 Å². The van der Waals surface area contributed by atoms with Crippen LogP contribution >= 0.6 is 11.3 Å². The molecule has 1 aliphatic rings. The smallest absolute Gasteiger partial charge is 0.142 e. The molecule has 1 aliphatic heterocycles. The van der Waals surface area contributed by atoms with E-state index in [1.165, 1.54) is 15.6 Å². The maximum atomic E-state index is 2.47. The van der Waals surface area contributed by atoms with Crippen LogP contribution in [-0.4, -0.2) is 8.07 Å². The molecule has 4 rings (SSSR count). The lowest BCUT2D eigenvalue weighted by Crippen LogP contribution is -2.66. The molecule has 3 aromatic rings. The summed E-state index contributed by atoms with van der Waals surface area (Å²) in [6.45, 7) is 14.8. The normalized spacial score (nSPS) is 16.2. The Labute approximate surface area is 150 Å². The molecule has 24 heavy (non-hydrogen) atoms. The van der Waals surface area contributed by atoms with Crippen molar-refractivity contribution in [3.05, 3.63) is 48.5 Å². The largest absolute Gasteiger partial charge is 0.144 e. The molecule has 0 bridgehead atoms. The van der Waals surface area contributed by atoms with E-state index in [-0.39, 0.29) is 10.1 Å². The minimum Gasteiger partial charge on any atom is -0.144 e. The van der Waals surface area contributed by atoms with Crippen LogP contribution in [0.5, 0.6) is 0 Å². The summed E-state index contributed by atoms with van der Waals surface area (Å²) in [6, 6.07) is 18.2. The summed E-state index contributed by atoms with van der Waals surface area (Å²) >= 11 is 2.07. The van der Waals surface area contributed by atoms with E-state index in [2.05, 4.69) is 101 Å². The number of benzene rings is 2. The average Bonchev–Trinajstić information content (AvgIpc) is 2.97. The van der Waals surface area contributed by atoms with Crippen LogP contribution in [-0.2, 0) is 0 Å². The number of hydrogen-bond acceptors (Lipinski definition) is 1. The van der Waals surface area contributed by atoms with Gasteiger partial charge in [-0.2, -0.15) is 0 Å². The lowest BCUT2D eigenvalue weighted by molar-refractivity contribution is 0.639. The summed E-state index contributed by atoms with van der Waals surface area (Å²) in [5.41, 5.74) is 3.05. The first-order valence-electron chi connectivity index (χ1n) is 8.81. The van der Waals surface area contributed by atoms with Crippen molar-refractivity contribution in [1.82, 2.24) is 0 Å². The highest BCUT2D eigenvalue weighted by atomic mass is 32.1. The van der Waals surface area contributed by atoms with Gasteiger partial charge in [-0.05, 0) is 32.5 Å². The molecule has 0 unspecified atom stereocenters. The number of hydrogen-bond donors (Lipinski definition) is 0. The summed E-state index contributed by atoms with van der Waals surface area (Å²) in [4.78, 5) is 0. The fourth-order valence-electron chi connectivity index (χ4n) is 5.34. The van der Waals surface area contributed by atoms with Gasteiger partial charge in [-0.1, -0.05) is 84.0 Å². The van der Waals surface area contributed by atoms with E-state index in [0.29, 0.717) is 0 Å². The van der Waals surface area contributed by atoms with Gasteiger partial charge in [0.1, 0.15) is 8.07 Å².